The fourth-order valence-corrected chi connectivity index (χ4v) is 3.38. The van der Waals surface area contributed by atoms with Gasteiger partial charge in [-0.25, -0.2) is 0 Å². The van der Waals surface area contributed by atoms with Crippen LogP contribution in [0.25, 0.3) is 0 Å². The van der Waals surface area contributed by atoms with Gasteiger partial charge in [-0.2, -0.15) is 11.8 Å². The third-order valence-corrected chi connectivity index (χ3v) is 4.92. The number of hydrogen-bond acceptors (Lipinski definition) is 2. The highest BCUT2D eigenvalue weighted by Gasteiger charge is 2.03. The van der Waals surface area contributed by atoms with Gasteiger partial charge in [0, 0.05) is 29.5 Å². The first-order valence-corrected chi connectivity index (χ1v) is 9.32. The quantitative estimate of drug-likeness (QED) is 0.705. The molecule has 0 saturated carbocycles. The van der Waals surface area contributed by atoms with E-state index in [0.717, 1.165) is 28.5 Å². The summed E-state index contributed by atoms with van der Waals surface area (Å²) in [6.45, 7) is 2.77. The van der Waals surface area contributed by atoms with E-state index in [0.29, 0.717) is 13.0 Å². The van der Waals surface area contributed by atoms with E-state index in [1.807, 2.05) is 24.3 Å². The number of carbonyl (C=O) groups excluding carboxylic acids is 1. The standard InChI is InChI=1S/C19H22ClNOS/c1-15-6-8-16(9-7-15)10-12-21-19(22)11-13-23-14-17-4-2-3-5-18(17)20/h2-9H,10-14H2,1H3,(H,21,22). The number of nitrogens with one attached hydrogen (secondary N) is 1. The van der Waals surface area contributed by atoms with Gasteiger partial charge < -0.3 is 5.32 Å². The largest absolute Gasteiger partial charge is 0.356 e. The van der Waals surface area contributed by atoms with E-state index in [4.69, 9.17) is 11.6 Å². The highest BCUT2D eigenvalue weighted by atomic mass is 35.5. The molecule has 0 aliphatic heterocycles. The molecule has 0 bridgehead atoms. The van der Waals surface area contributed by atoms with Crippen molar-refractivity contribution in [3.05, 3.63) is 70.2 Å². The van der Waals surface area contributed by atoms with E-state index >= 15 is 0 Å². The van der Waals surface area contributed by atoms with Crippen LogP contribution in [0.4, 0.5) is 0 Å². The molecule has 0 unspecified atom stereocenters. The van der Waals surface area contributed by atoms with E-state index in [-0.39, 0.29) is 5.91 Å². The van der Waals surface area contributed by atoms with Gasteiger partial charge in [0.1, 0.15) is 0 Å². The topological polar surface area (TPSA) is 29.1 Å². The average molecular weight is 348 g/mol. The molecule has 4 heteroatoms. The maximum atomic E-state index is 11.8. The van der Waals surface area contributed by atoms with Gasteiger partial charge in [-0.15, -0.1) is 0 Å². The van der Waals surface area contributed by atoms with Crippen LogP contribution >= 0.6 is 23.4 Å². The second-order valence-corrected chi connectivity index (χ2v) is 6.99. The van der Waals surface area contributed by atoms with Gasteiger partial charge in [0.2, 0.25) is 5.91 Å². The van der Waals surface area contributed by atoms with E-state index in [1.165, 1.54) is 11.1 Å². The van der Waals surface area contributed by atoms with Crippen LogP contribution in [-0.2, 0) is 17.0 Å². The third kappa shape index (κ3) is 6.67. The predicted molar refractivity (Wildman–Crippen MR) is 100 cm³/mol. The van der Waals surface area contributed by atoms with Crippen molar-refractivity contribution >= 4 is 29.3 Å². The van der Waals surface area contributed by atoms with Crippen LogP contribution < -0.4 is 5.32 Å². The molecule has 0 atom stereocenters. The molecule has 0 fully saturated rings. The highest BCUT2D eigenvalue weighted by molar-refractivity contribution is 7.98. The number of benzene rings is 2. The van der Waals surface area contributed by atoms with Crippen LogP contribution in [0.1, 0.15) is 23.1 Å². The van der Waals surface area contributed by atoms with Gasteiger partial charge in [-0.05, 0) is 30.5 Å². The molecule has 0 aliphatic carbocycles. The molecule has 1 amide bonds. The lowest BCUT2D eigenvalue weighted by atomic mass is 10.1. The first-order chi connectivity index (χ1) is 11.1. The minimum Gasteiger partial charge on any atom is -0.356 e. The van der Waals surface area contributed by atoms with Crippen molar-refractivity contribution in [2.45, 2.75) is 25.5 Å². The van der Waals surface area contributed by atoms with Crippen LogP contribution in [0.15, 0.2) is 48.5 Å². The summed E-state index contributed by atoms with van der Waals surface area (Å²) in [6.07, 6.45) is 1.42. The van der Waals surface area contributed by atoms with Gasteiger partial charge in [-0.1, -0.05) is 59.6 Å². The summed E-state index contributed by atoms with van der Waals surface area (Å²) in [5.41, 5.74) is 3.64. The zero-order chi connectivity index (χ0) is 16.5. The van der Waals surface area contributed by atoms with Crippen molar-refractivity contribution in [1.29, 1.82) is 0 Å². The molecule has 2 aromatic carbocycles. The second kappa shape index (κ2) is 9.64. The highest BCUT2D eigenvalue weighted by Crippen LogP contribution is 2.20. The molecule has 2 aromatic rings. The molecule has 23 heavy (non-hydrogen) atoms. The number of amides is 1. The van der Waals surface area contributed by atoms with E-state index in [2.05, 4.69) is 36.5 Å². The van der Waals surface area contributed by atoms with Crippen molar-refractivity contribution in [3.8, 4) is 0 Å². The van der Waals surface area contributed by atoms with Crippen molar-refractivity contribution in [3.63, 3.8) is 0 Å². The normalized spacial score (nSPS) is 10.5. The lowest BCUT2D eigenvalue weighted by Gasteiger charge is -2.06. The summed E-state index contributed by atoms with van der Waals surface area (Å²) in [4.78, 5) is 11.8. The summed E-state index contributed by atoms with van der Waals surface area (Å²) in [5.74, 6) is 1.77. The number of carbonyl (C=O) groups is 1. The van der Waals surface area contributed by atoms with Gasteiger partial charge in [-0.3, -0.25) is 4.79 Å². The smallest absolute Gasteiger partial charge is 0.220 e. The zero-order valence-corrected chi connectivity index (χ0v) is 14.9. The Morgan fingerprint density at radius 3 is 2.61 bits per heavy atom. The van der Waals surface area contributed by atoms with Gasteiger partial charge in [0.05, 0.1) is 0 Å². The Morgan fingerprint density at radius 2 is 1.87 bits per heavy atom. The third-order valence-electron chi connectivity index (χ3n) is 3.55. The average Bonchev–Trinajstić information content (AvgIpc) is 2.55. The molecule has 0 aliphatic rings. The monoisotopic (exact) mass is 347 g/mol. The summed E-state index contributed by atoms with van der Waals surface area (Å²) in [6, 6.07) is 16.3. The maximum absolute atomic E-state index is 11.8. The Kier molecular flexibility index (Phi) is 7.50. The molecular weight excluding hydrogens is 326 g/mol. The molecule has 0 spiro atoms. The minimum absolute atomic E-state index is 0.115. The zero-order valence-electron chi connectivity index (χ0n) is 13.3. The Balaban J connectivity index is 1.58. The number of halogens is 1. The molecule has 2 nitrogen and oxygen atoms in total. The molecule has 2 rings (SSSR count). The summed E-state index contributed by atoms with van der Waals surface area (Å²) in [5, 5.41) is 3.77. The van der Waals surface area contributed by atoms with E-state index in [9.17, 15) is 4.79 Å². The Labute approximate surface area is 147 Å². The van der Waals surface area contributed by atoms with Crippen molar-refractivity contribution < 1.29 is 4.79 Å². The lowest BCUT2D eigenvalue weighted by molar-refractivity contribution is -0.120. The van der Waals surface area contributed by atoms with Crippen LogP contribution in [0.3, 0.4) is 0 Å². The molecule has 0 aromatic heterocycles. The first-order valence-electron chi connectivity index (χ1n) is 7.78. The van der Waals surface area contributed by atoms with Gasteiger partial charge in [0.25, 0.3) is 0 Å². The molecule has 0 radical (unpaired) electrons. The number of hydrogen-bond donors (Lipinski definition) is 1. The predicted octanol–water partition coefficient (Wildman–Crippen LogP) is 4.63. The van der Waals surface area contributed by atoms with E-state index in [1.54, 1.807) is 11.8 Å². The van der Waals surface area contributed by atoms with Crippen molar-refractivity contribution in [2.75, 3.05) is 12.3 Å². The van der Waals surface area contributed by atoms with Crippen LogP contribution in [-0.4, -0.2) is 18.2 Å². The molecule has 122 valence electrons. The number of rotatable bonds is 8. The molecule has 0 saturated heterocycles. The SMILES string of the molecule is Cc1ccc(CCNC(=O)CCSCc2ccccc2Cl)cc1. The summed E-state index contributed by atoms with van der Waals surface area (Å²) < 4.78 is 0. The fourth-order valence-electron chi connectivity index (χ4n) is 2.15. The molecule has 0 heterocycles. The fraction of sp³-hybridized carbons (Fsp3) is 0.316. The number of thioether (sulfide) groups is 1. The maximum Gasteiger partial charge on any atom is 0.220 e. The Morgan fingerprint density at radius 1 is 1.13 bits per heavy atom. The molecule has 1 N–H and O–H groups in total. The van der Waals surface area contributed by atoms with Crippen molar-refractivity contribution in [1.82, 2.24) is 5.32 Å². The Bertz CT molecular complexity index is 628. The number of aryl methyl sites for hydroxylation is 1. The van der Waals surface area contributed by atoms with Crippen LogP contribution in [0, 0.1) is 6.92 Å². The molecular formula is C19H22ClNOS. The Hall–Kier alpha value is -1.45. The lowest BCUT2D eigenvalue weighted by Crippen LogP contribution is -2.25. The van der Waals surface area contributed by atoms with Crippen LogP contribution in [0.2, 0.25) is 5.02 Å². The van der Waals surface area contributed by atoms with Crippen LogP contribution in [0.5, 0.6) is 0 Å². The summed E-state index contributed by atoms with van der Waals surface area (Å²) >= 11 is 7.84. The van der Waals surface area contributed by atoms with Gasteiger partial charge >= 0.3 is 0 Å². The van der Waals surface area contributed by atoms with E-state index < -0.39 is 0 Å². The minimum atomic E-state index is 0.115. The second-order valence-electron chi connectivity index (χ2n) is 5.48. The first kappa shape index (κ1) is 17.9. The van der Waals surface area contributed by atoms with Gasteiger partial charge in [0.15, 0.2) is 0 Å². The summed E-state index contributed by atoms with van der Waals surface area (Å²) in [7, 11) is 0. The van der Waals surface area contributed by atoms with Crippen molar-refractivity contribution in [2.24, 2.45) is 0 Å².